The highest BCUT2D eigenvalue weighted by atomic mass is 32.1. The molecule has 0 aliphatic carbocycles. The molecule has 2 heterocycles. The molecule has 4 nitrogen and oxygen atoms in total. The molecule has 0 saturated heterocycles. The van der Waals surface area contributed by atoms with Gasteiger partial charge >= 0.3 is 0 Å². The number of aromatic nitrogens is 2. The van der Waals surface area contributed by atoms with E-state index in [4.69, 9.17) is 0 Å². The second-order valence-corrected chi connectivity index (χ2v) is 6.64. The number of hydrogen-bond acceptors (Lipinski definition) is 3. The Morgan fingerprint density at radius 1 is 1.30 bits per heavy atom. The summed E-state index contributed by atoms with van der Waals surface area (Å²) in [5, 5.41) is 7.29. The Morgan fingerprint density at radius 2 is 2.17 bits per heavy atom. The van der Waals surface area contributed by atoms with Crippen LogP contribution in [0.1, 0.15) is 23.4 Å². The number of fused-ring (bicyclic) bond motifs is 1. The fourth-order valence-electron chi connectivity index (χ4n) is 2.84. The minimum atomic E-state index is 0.127. The molecular formula is C18H21N3OS. The van der Waals surface area contributed by atoms with Gasteiger partial charge in [0.15, 0.2) is 0 Å². The molecule has 0 bridgehead atoms. The maximum Gasteiger partial charge on any atom is 0.220 e. The highest BCUT2D eigenvalue weighted by Gasteiger charge is 2.07. The minimum absolute atomic E-state index is 0.127. The van der Waals surface area contributed by atoms with Crippen molar-refractivity contribution in [2.24, 2.45) is 7.05 Å². The van der Waals surface area contributed by atoms with E-state index in [9.17, 15) is 4.79 Å². The molecular weight excluding hydrogens is 306 g/mol. The molecule has 3 rings (SSSR count). The van der Waals surface area contributed by atoms with E-state index in [0.29, 0.717) is 13.0 Å². The van der Waals surface area contributed by atoms with Crippen LogP contribution in [-0.4, -0.2) is 22.0 Å². The molecule has 1 aromatic carbocycles. The summed E-state index contributed by atoms with van der Waals surface area (Å²) in [5.41, 5.74) is 2.56. The van der Waals surface area contributed by atoms with Crippen molar-refractivity contribution in [2.75, 3.05) is 6.54 Å². The zero-order valence-corrected chi connectivity index (χ0v) is 14.1. The first kappa shape index (κ1) is 15.7. The lowest BCUT2D eigenvalue weighted by Crippen LogP contribution is -2.25. The lowest BCUT2D eigenvalue weighted by atomic mass is 10.1. The van der Waals surface area contributed by atoms with Crippen LogP contribution in [-0.2, 0) is 24.7 Å². The fraction of sp³-hybridized carbons (Fsp3) is 0.333. The normalized spacial score (nSPS) is 11.0. The van der Waals surface area contributed by atoms with Gasteiger partial charge < -0.3 is 9.88 Å². The first-order chi connectivity index (χ1) is 11.2. The zero-order valence-electron chi connectivity index (χ0n) is 13.3. The quantitative estimate of drug-likeness (QED) is 0.723. The number of aryl methyl sites for hydroxylation is 2. The number of amides is 1. The summed E-state index contributed by atoms with van der Waals surface area (Å²) in [4.78, 5) is 16.1. The molecule has 0 aliphatic rings. The summed E-state index contributed by atoms with van der Waals surface area (Å²) in [6, 6.07) is 8.40. The van der Waals surface area contributed by atoms with E-state index >= 15 is 0 Å². The van der Waals surface area contributed by atoms with E-state index in [1.807, 2.05) is 5.38 Å². The van der Waals surface area contributed by atoms with Gasteiger partial charge in [-0.2, -0.15) is 0 Å². The van der Waals surface area contributed by atoms with Crippen molar-refractivity contribution < 1.29 is 4.79 Å². The van der Waals surface area contributed by atoms with Crippen molar-refractivity contribution in [3.63, 3.8) is 0 Å². The standard InChI is InChI=1S/C18H21N3OS/c1-21-13-14(15-6-2-3-7-16(15)21)5-4-8-17(22)19-10-9-18-20-11-12-23-18/h2-3,6-7,11-13H,4-5,8-10H2,1H3,(H,19,22). The van der Waals surface area contributed by atoms with Crippen LogP contribution >= 0.6 is 11.3 Å². The second kappa shape index (κ2) is 7.42. The molecule has 0 aliphatic heterocycles. The van der Waals surface area contributed by atoms with Crippen LogP contribution in [0.25, 0.3) is 10.9 Å². The van der Waals surface area contributed by atoms with Gasteiger partial charge in [-0.05, 0) is 24.5 Å². The van der Waals surface area contributed by atoms with Gasteiger partial charge in [0.25, 0.3) is 0 Å². The van der Waals surface area contributed by atoms with Gasteiger partial charge in [0.05, 0.1) is 5.01 Å². The maximum absolute atomic E-state index is 11.9. The second-order valence-electron chi connectivity index (χ2n) is 5.66. The number of thiazole rings is 1. The molecule has 2 aromatic heterocycles. The third kappa shape index (κ3) is 3.99. The molecule has 3 aromatic rings. The van der Waals surface area contributed by atoms with Crippen molar-refractivity contribution in [3.8, 4) is 0 Å². The summed E-state index contributed by atoms with van der Waals surface area (Å²) < 4.78 is 2.15. The summed E-state index contributed by atoms with van der Waals surface area (Å²) >= 11 is 1.63. The molecule has 0 spiro atoms. The lowest BCUT2D eigenvalue weighted by Gasteiger charge is -2.04. The minimum Gasteiger partial charge on any atom is -0.356 e. The van der Waals surface area contributed by atoms with Gasteiger partial charge in [-0.25, -0.2) is 4.98 Å². The molecule has 0 saturated carbocycles. The van der Waals surface area contributed by atoms with E-state index in [1.165, 1.54) is 16.5 Å². The van der Waals surface area contributed by atoms with E-state index in [2.05, 4.69) is 52.4 Å². The molecule has 120 valence electrons. The van der Waals surface area contributed by atoms with E-state index in [-0.39, 0.29) is 5.91 Å². The number of carbonyl (C=O) groups excluding carboxylic acids is 1. The molecule has 0 atom stereocenters. The first-order valence-corrected chi connectivity index (χ1v) is 8.80. The van der Waals surface area contributed by atoms with E-state index in [1.54, 1.807) is 17.5 Å². The Balaban J connectivity index is 1.44. The van der Waals surface area contributed by atoms with Gasteiger partial charge in [0.1, 0.15) is 0 Å². The average Bonchev–Trinajstić information content (AvgIpc) is 3.17. The average molecular weight is 327 g/mol. The van der Waals surface area contributed by atoms with Crippen LogP contribution in [0, 0.1) is 0 Å². The predicted molar refractivity (Wildman–Crippen MR) is 94.7 cm³/mol. The van der Waals surface area contributed by atoms with Crippen molar-refractivity contribution in [1.82, 2.24) is 14.9 Å². The topological polar surface area (TPSA) is 46.9 Å². The van der Waals surface area contributed by atoms with Crippen molar-refractivity contribution in [2.45, 2.75) is 25.7 Å². The molecule has 23 heavy (non-hydrogen) atoms. The van der Waals surface area contributed by atoms with E-state index in [0.717, 1.165) is 24.3 Å². The highest BCUT2D eigenvalue weighted by Crippen LogP contribution is 2.21. The number of benzene rings is 1. The molecule has 0 unspecified atom stereocenters. The monoisotopic (exact) mass is 327 g/mol. The molecule has 5 heteroatoms. The largest absolute Gasteiger partial charge is 0.356 e. The number of nitrogens with zero attached hydrogens (tertiary/aromatic N) is 2. The Bertz CT molecular complexity index is 777. The zero-order chi connectivity index (χ0) is 16.1. The number of hydrogen-bond donors (Lipinski definition) is 1. The van der Waals surface area contributed by atoms with Crippen LogP contribution in [0.5, 0.6) is 0 Å². The van der Waals surface area contributed by atoms with Crippen LogP contribution in [0.2, 0.25) is 0 Å². The van der Waals surface area contributed by atoms with Gasteiger partial charge in [-0.3, -0.25) is 4.79 Å². The number of carbonyl (C=O) groups is 1. The van der Waals surface area contributed by atoms with Crippen molar-refractivity contribution >= 4 is 28.1 Å². The fourth-order valence-corrected chi connectivity index (χ4v) is 3.46. The summed E-state index contributed by atoms with van der Waals surface area (Å²) in [6.45, 7) is 0.667. The molecule has 0 fully saturated rings. The molecule has 1 amide bonds. The summed E-state index contributed by atoms with van der Waals surface area (Å²) in [5.74, 6) is 0.127. The van der Waals surface area contributed by atoms with Crippen LogP contribution < -0.4 is 5.32 Å². The highest BCUT2D eigenvalue weighted by molar-refractivity contribution is 7.09. The lowest BCUT2D eigenvalue weighted by molar-refractivity contribution is -0.121. The smallest absolute Gasteiger partial charge is 0.220 e. The van der Waals surface area contributed by atoms with Gasteiger partial charge in [-0.15, -0.1) is 11.3 Å². The number of rotatable bonds is 7. The summed E-state index contributed by atoms with van der Waals surface area (Å²) in [6.07, 6.45) is 7.16. The van der Waals surface area contributed by atoms with E-state index < -0.39 is 0 Å². The Morgan fingerprint density at radius 3 is 3.00 bits per heavy atom. The Kier molecular flexibility index (Phi) is 5.08. The SMILES string of the molecule is Cn1cc(CCCC(=O)NCCc2nccs2)c2ccccc21. The number of para-hydroxylation sites is 1. The Hall–Kier alpha value is -2.14. The van der Waals surface area contributed by atoms with Gasteiger partial charge in [0.2, 0.25) is 5.91 Å². The third-order valence-electron chi connectivity index (χ3n) is 3.97. The van der Waals surface area contributed by atoms with Crippen molar-refractivity contribution in [3.05, 3.63) is 52.6 Å². The van der Waals surface area contributed by atoms with Gasteiger partial charge in [0, 0.05) is 55.1 Å². The third-order valence-corrected chi connectivity index (χ3v) is 4.81. The Labute approximate surface area is 140 Å². The molecule has 1 N–H and O–H groups in total. The predicted octanol–water partition coefficient (Wildman–Crippen LogP) is 3.32. The van der Waals surface area contributed by atoms with Crippen LogP contribution in [0.15, 0.2) is 42.0 Å². The van der Waals surface area contributed by atoms with Crippen LogP contribution in [0.3, 0.4) is 0 Å². The summed E-state index contributed by atoms with van der Waals surface area (Å²) in [7, 11) is 2.07. The van der Waals surface area contributed by atoms with Crippen molar-refractivity contribution in [1.29, 1.82) is 0 Å². The van der Waals surface area contributed by atoms with Crippen LogP contribution in [0.4, 0.5) is 0 Å². The number of nitrogens with one attached hydrogen (secondary N) is 1. The van der Waals surface area contributed by atoms with Gasteiger partial charge in [-0.1, -0.05) is 18.2 Å². The molecule has 0 radical (unpaired) electrons. The first-order valence-electron chi connectivity index (χ1n) is 7.92. The maximum atomic E-state index is 11.9.